The molecule has 10 heteroatoms. The summed E-state index contributed by atoms with van der Waals surface area (Å²) in [5, 5.41) is 21.7. The number of carbonyl (C=O) groups is 1. The fraction of sp³-hybridized carbons (Fsp3) is 0.550. The highest BCUT2D eigenvalue weighted by molar-refractivity contribution is 5.92. The average molecular weight is 420 g/mol. The Kier molecular flexibility index (Phi) is 5.56. The highest BCUT2D eigenvalue weighted by Gasteiger charge is 2.35. The van der Waals surface area contributed by atoms with Gasteiger partial charge in [-0.1, -0.05) is 0 Å². The number of alkyl halides is 3. The Morgan fingerprint density at radius 2 is 2.00 bits per heavy atom. The number of nitriles is 1. The van der Waals surface area contributed by atoms with Crippen molar-refractivity contribution in [2.45, 2.75) is 43.9 Å². The molecule has 1 amide bonds. The Hall–Kier alpha value is -2.80. The van der Waals surface area contributed by atoms with Gasteiger partial charge in [0.1, 0.15) is 0 Å². The number of hydrogen-bond acceptors (Lipinski definition) is 5. The summed E-state index contributed by atoms with van der Waals surface area (Å²) in [7, 11) is 0. The fourth-order valence-electron chi connectivity index (χ4n) is 4.24. The zero-order valence-corrected chi connectivity index (χ0v) is 16.3. The molecule has 3 N–H and O–H groups in total. The van der Waals surface area contributed by atoms with Crippen molar-refractivity contribution < 1.29 is 18.0 Å². The molecular weight excluding hydrogens is 397 g/mol. The molecule has 160 valence electrons. The number of nitrogens with one attached hydrogen (secondary N) is 3. The quantitative estimate of drug-likeness (QED) is 0.691. The molecule has 1 aliphatic carbocycles. The van der Waals surface area contributed by atoms with E-state index in [4.69, 9.17) is 5.26 Å². The maximum absolute atomic E-state index is 12.9. The number of anilines is 1. The number of hydrogen-bond donors (Lipinski definition) is 3. The number of nitrogens with zero attached hydrogens (tertiary/aromatic N) is 3. The fourth-order valence-corrected chi connectivity index (χ4v) is 4.24. The van der Waals surface area contributed by atoms with Gasteiger partial charge in [-0.05, 0) is 43.9 Å². The highest BCUT2D eigenvalue weighted by Crippen LogP contribution is 2.33. The molecule has 0 radical (unpaired) electrons. The Morgan fingerprint density at radius 1 is 1.27 bits per heavy atom. The third kappa shape index (κ3) is 4.36. The Labute approximate surface area is 171 Å². The van der Waals surface area contributed by atoms with Crippen molar-refractivity contribution in [3.8, 4) is 6.07 Å². The number of amides is 1. The Morgan fingerprint density at radius 3 is 2.67 bits per heavy atom. The van der Waals surface area contributed by atoms with Gasteiger partial charge in [-0.3, -0.25) is 14.8 Å². The maximum atomic E-state index is 12.9. The van der Waals surface area contributed by atoms with Crippen LogP contribution in [0.15, 0.2) is 18.2 Å². The minimum atomic E-state index is -4.44. The molecule has 1 aromatic heterocycles. The Bertz CT molecular complexity index is 952. The molecule has 2 aromatic rings. The lowest BCUT2D eigenvalue weighted by atomic mass is 9.85. The molecule has 7 nitrogen and oxygen atoms in total. The molecule has 1 aliphatic heterocycles. The number of H-pyrrole nitrogens is 1. The van der Waals surface area contributed by atoms with Gasteiger partial charge in [0.2, 0.25) is 5.91 Å². The van der Waals surface area contributed by atoms with E-state index in [0.717, 1.165) is 50.9 Å². The lowest BCUT2D eigenvalue weighted by Gasteiger charge is -2.46. The molecule has 1 saturated heterocycles. The third-order valence-corrected chi connectivity index (χ3v) is 5.98. The van der Waals surface area contributed by atoms with Crippen molar-refractivity contribution in [2.75, 3.05) is 25.0 Å². The largest absolute Gasteiger partial charge is 0.416 e. The summed E-state index contributed by atoms with van der Waals surface area (Å²) in [5.74, 6) is 0.168. The summed E-state index contributed by atoms with van der Waals surface area (Å²) in [5.41, 5.74) is -0.297. The van der Waals surface area contributed by atoms with Crippen LogP contribution < -0.4 is 10.6 Å². The predicted octanol–water partition coefficient (Wildman–Crippen LogP) is 2.88. The van der Waals surface area contributed by atoms with Crippen LogP contribution in [0.5, 0.6) is 0 Å². The summed E-state index contributed by atoms with van der Waals surface area (Å²) in [6, 6.07) is 6.22. The van der Waals surface area contributed by atoms with Crippen molar-refractivity contribution in [1.29, 1.82) is 5.26 Å². The molecule has 1 saturated carbocycles. The normalized spacial score (nSPS) is 23.0. The third-order valence-electron chi connectivity index (χ3n) is 5.98. The molecule has 2 fully saturated rings. The summed E-state index contributed by atoms with van der Waals surface area (Å²) in [6.07, 6.45) is -0.526. The van der Waals surface area contributed by atoms with Crippen molar-refractivity contribution in [3.05, 3.63) is 23.8 Å². The highest BCUT2D eigenvalue weighted by atomic mass is 19.4. The first kappa shape index (κ1) is 20.5. The Balaban J connectivity index is 1.25. The number of carbonyl (C=O) groups excluding carboxylic acids is 1. The number of benzene rings is 1. The van der Waals surface area contributed by atoms with Crippen molar-refractivity contribution in [2.24, 2.45) is 5.92 Å². The van der Waals surface area contributed by atoms with E-state index < -0.39 is 11.7 Å². The molecule has 0 atom stereocenters. The van der Waals surface area contributed by atoms with Crippen LogP contribution in [0.25, 0.3) is 10.9 Å². The first-order valence-electron chi connectivity index (χ1n) is 10.1. The zero-order chi connectivity index (χ0) is 21.3. The average Bonchev–Trinajstić information content (AvgIpc) is 3.10. The van der Waals surface area contributed by atoms with Gasteiger partial charge in [0.25, 0.3) is 0 Å². The summed E-state index contributed by atoms with van der Waals surface area (Å²) in [6.45, 7) is 1.50. The number of halogens is 3. The second-order valence-corrected chi connectivity index (χ2v) is 8.04. The number of likely N-dealkylation sites (tertiary alicyclic amines) is 1. The second kappa shape index (κ2) is 8.14. The topological polar surface area (TPSA) is 96.8 Å². The van der Waals surface area contributed by atoms with Crippen molar-refractivity contribution >= 4 is 22.6 Å². The number of fused-ring (bicyclic) bond motifs is 1. The molecule has 1 aromatic carbocycles. The van der Waals surface area contributed by atoms with Crippen LogP contribution >= 0.6 is 0 Å². The van der Waals surface area contributed by atoms with Gasteiger partial charge in [0.05, 0.1) is 29.7 Å². The molecule has 2 aliphatic rings. The van der Waals surface area contributed by atoms with Crippen LogP contribution in [-0.4, -0.2) is 52.7 Å². The van der Waals surface area contributed by atoms with Gasteiger partial charge >= 0.3 is 6.18 Å². The summed E-state index contributed by atoms with van der Waals surface area (Å²) < 4.78 is 38.8. The number of rotatable bonds is 5. The standard InChI is InChI=1S/C20H23F3N6O/c21-20(22,23)13-3-6-17-16(7-13)19(28-27-17)25-9-18(30)26-14-10-29(11-14)15-4-1-12(8-24)2-5-15/h3,6-7,12,14-15H,1-2,4-5,9-11H2,(H,26,30)(H2,25,27,28). The first-order chi connectivity index (χ1) is 14.3. The molecular formula is C20H23F3N6O. The maximum Gasteiger partial charge on any atom is 0.416 e. The van der Waals surface area contributed by atoms with Gasteiger partial charge < -0.3 is 10.6 Å². The minimum Gasteiger partial charge on any atom is -0.359 e. The second-order valence-electron chi connectivity index (χ2n) is 8.04. The van der Waals surface area contributed by atoms with E-state index in [1.54, 1.807) is 0 Å². The molecule has 30 heavy (non-hydrogen) atoms. The SMILES string of the molecule is N#CC1CCC(N2CC(NC(=O)CNc3n[nH]c4ccc(C(F)(F)F)cc34)C2)CC1. The molecule has 0 spiro atoms. The van der Waals surface area contributed by atoms with Crippen molar-refractivity contribution in [1.82, 2.24) is 20.4 Å². The first-order valence-corrected chi connectivity index (χ1v) is 10.1. The lowest BCUT2D eigenvalue weighted by molar-refractivity contribution is -0.137. The van der Waals surface area contributed by atoms with Crippen LogP contribution in [0.4, 0.5) is 19.0 Å². The van der Waals surface area contributed by atoms with Crippen LogP contribution in [0.1, 0.15) is 31.2 Å². The van der Waals surface area contributed by atoms with Crippen LogP contribution in [0.2, 0.25) is 0 Å². The smallest absolute Gasteiger partial charge is 0.359 e. The number of aromatic amines is 1. The van der Waals surface area contributed by atoms with Crippen molar-refractivity contribution in [3.63, 3.8) is 0 Å². The minimum absolute atomic E-state index is 0.0695. The van der Waals surface area contributed by atoms with E-state index in [2.05, 4.69) is 31.8 Å². The zero-order valence-electron chi connectivity index (χ0n) is 16.3. The lowest BCUT2D eigenvalue weighted by Crippen LogP contribution is -2.63. The van der Waals surface area contributed by atoms with Crippen LogP contribution in [-0.2, 0) is 11.0 Å². The monoisotopic (exact) mass is 420 g/mol. The van der Waals surface area contributed by atoms with E-state index in [1.165, 1.54) is 6.07 Å². The summed E-state index contributed by atoms with van der Waals surface area (Å²) in [4.78, 5) is 14.6. The number of aromatic nitrogens is 2. The molecule has 0 bridgehead atoms. The van der Waals surface area contributed by atoms with Gasteiger partial charge in [-0.25, -0.2) is 0 Å². The van der Waals surface area contributed by atoms with E-state index in [0.29, 0.717) is 16.9 Å². The van der Waals surface area contributed by atoms with Gasteiger partial charge in [-0.15, -0.1) is 0 Å². The molecule has 0 unspecified atom stereocenters. The van der Waals surface area contributed by atoms with E-state index in [-0.39, 0.29) is 30.2 Å². The van der Waals surface area contributed by atoms with Crippen LogP contribution in [0.3, 0.4) is 0 Å². The molecule has 2 heterocycles. The van der Waals surface area contributed by atoms with Gasteiger partial charge in [-0.2, -0.15) is 23.5 Å². The van der Waals surface area contributed by atoms with Gasteiger partial charge in [0.15, 0.2) is 5.82 Å². The van der Waals surface area contributed by atoms with E-state index >= 15 is 0 Å². The van der Waals surface area contributed by atoms with Gasteiger partial charge in [0, 0.05) is 30.4 Å². The van der Waals surface area contributed by atoms with E-state index in [9.17, 15) is 18.0 Å². The van der Waals surface area contributed by atoms with Crippen LogP contribution in [0, 0.1) is 17.2 Å². The summed E-state index contributed by atoms with van der Waals surface area (Å²) >= 11 is 0. The van der Waals surface area contributed by atoms with E-state index in [1.807, 2.05) is 0 Å². The molecule has 4 rings (SSSR count). The predicted molar refractivity (Wildman–Crippen MR) is 104 cm³/mol.